The maximum Gasteiger partial charge on any atom is 0.326 e. The fourth-order valence-corrected chi connectivity index (χ4v) is 4.20. The van der Waals surface area contributed by atoms with Gasteiger partial charge >= 0.3 is 5.97 Å². The van der Waals surface area contributed by atoms with E-state index >= 15 is 0 Å². The molecule has 1 aliphatic heterocycles. The molecule has 3 amide bonds. The Hall–Kier alpha value is -2.24. The fraction of sp³-hybridized carbons (Fsp3) is 0.545. The quantitative estimate of drug-likeness (QED) is 0.215. The molecule has 0 bridgehead atoms. The zero-order valence-corrected chi connectivity index (χ0v) is 20.3. The molecule has 5 N–H and O–H groups in total. The van der Waals surface area contributed by atoms with E-state index in [-0.39, 0.29) is 24.1 Å². The highest BCUT2D eigenvalue weighted by molar-refractivity contribution is 7.98. The van der Waals surface area contributed by atoms with Gasteiger partial charge in [-0.25, -0.2) is 4.79 Å². The van der Waals surface area contributed by atoms with E-state index < -0.39 is 35.9 Å². The molecule has 4 unspecified atom stereocenters. The minimum Gasteiger partial charge on any atom is -0.480 e. The van der Waals surface area contributed by atoms with Crippen LogP contribution < -0.4 is 21.3 Å². The van der Waals surface area contributed by atoms with Crippen molar-refractivity contribution in [1.29, 1.82) is 0 Å². The lowest BCUT2D eigenvalue weighted by Crippen LogP contribution is -2.57. The number of aliphatic carboxylic acids is 1. The summed E-state index contributed by atoms with van der Waals surface area (Å²) >= 11 is 5.70. The summed E-state index contributed by atoms with van der Waals surface area (Å²) in [6.07, 6.45) is 4.02. The number of carbonyl (C=O) groups is 4. The predicted molar refractivity (Wildman–Crippen MR) is 131 cm³/mol. The number of carboxylic acid groups (broad SMARTS) is 1. The van der Waals surface area contributed by atoms with Crippen molar-refractivity contribution in [2.75, 3.05) is 24.3 Å². The number of carbonyl (C=O) groups excluding carboxylic acids is 3. The van der Waals surface area contributed by atoms with E-state index in [1.165, 1.54) is 0 Å². The Balaban J connectivity index is 2.00. The molecule has 1 fully saturated rings. The molecule has 0 saturated carbocycles. The van der Waals surface area contributed by atoms with Crippen molar-refractivity contribution in [3.8, 4) is 0 Å². The van der Waals surface area contributed by atoms with E-state index in [1.54, 1.807) is 36.0 Å². The van der Waals surface area contributed by atoms with Crippen LogP contribution in [0.4, 0.5) is 0 Å². The Kier molecular flexibility index (Phi) is 11.6. The number of amides is 3. The van der Waals surface area contributed by atoms with E-state index in [1.807, 2.05) is 12.3 Å². The molecule has 11 heteroatoms. The zero-order chi connectivity index (χ0) is 24.2. The lowest BCUT2D eigenvalue weighted by atomic mass is 10.1. The van der Waals surface area contributed by atoms with Crippen LogP contribution in [-0.4, -0.2) is 77.3 Å². The number of hydrogen-bond donors (Lipinski definition) is 6. The van der Waals surface area contributed by atoms with Crippen molar-refractivity contribution in [3.05, 3.63) is 35.9 Å². The van der Waals surface area contributed by atoms with Crippen molar-refractivity contribution in [3.63, 3.8) is 0 Å². The van der Waals surface area contributed by atoms with Gasteiger partial charge in [0.25, 0.3) is 0 Å². The molecule has 0 spiro atoms. The van der Waals surface area contributed by atoms with Gasteiger partial charge in [-0.2, -0.15) is 24.4 Å². The fourth-order valence-electron chi connectivity index (χ4n) is 3.47. The number of benzene rings is 1. The maximum absolute atomic E-state index is 12.9. The molecular weight excluding hydrogens is 464 g/mol. The lowest BCUT2D eigenvalue weighted by molar-refractivity contribution is -0.142. The number of nitrogens with one attached hydrogen (secondary N) is 4. The number of thioether (sulfide) groups is 1. The van der Waals surface area contributed by atoms with Crippen LogP contribution in [0.3, 0.4) is 0 Å². The zero-order valence-electron chi connectivity index (χ0n) is 18.6. The van der Waals surface area contributed by atoms with E-state index in [0.717, 1.165) is 18.5 Å². The molecule has 33 heavy (non-hydrogen) atoms. The first-order valence-corrected chi connectivity index (χ1v) is 12.9. The topological polar surface area (TPSA) is 137 Å². The van der Waals surface area contributed by atoms with Crippen molar-refractivity contribution in [1.82, 2.24) is 21.3 Å². The molecule has 0 radical (unpaired) electrons. The first kappa shape index (κ1) is 27.0. The van der Waals surface area contributed by atoms with Gasteiger partial charge in [0.2, 0.25) is 17.7 Å². The average Bonchev–Trinajstić information content (AvgIpc) is 3.35. The van der Waals surface area contributed by atoms with E-state index in [4.69, 9.17) is 0 Å². The first-order chi connectivity index (χ1) is 15.8. The lowest BCUT2D eigenvalue weighted by Gasteiger charge is -2.24. The summed E-state index contributed by atoms with van der Waals surface area (Å²) in [6, 6.07) is 5.62. The monoisotopic (exact) mass is 496 g/mol. The SMILES string of the molecule is CSCCC(NC(=O)C1CCCN1)C(=O)NC(CS)C(=O)NC(Cc1ccccc1)C(=O)O. The van der Waals surface area contributed by atoms with Crippen molar-refractivity contribution < 1.29 is 24.3 Å². The minimum absolute atomic E-state index is 0.0252. The number of hydrogen-bond acceptors (Lipinski definition) is 7. The van der Waals surface area contributed by atoms with Crippen molar-refractivity contribution in [2.24, 2.45) is 0 Å². The molecule has 0 aromatic heterocycles. The normalized spacial score (nSPS) is 18.1. The second kappa shape index (κ2) is 14.1. The molecule has 182 valence electrons. The largest absolute Gasteiger partial charge is 0.480 e. The van der Waals surface area contributed by atoms with Crippen molar-refractivity contribution >= 4 is 48.1 Å². The van der Waals surface area contributed by atoms with Gasteiger partial charge < -0.3 is 26.4 Å². The molecule has 1 heterocycles. The predicted octanol–water partition coefficient (Wildman–Crippen LogP) is 0.203. The average molecular weight is 497 g/mol. The van der Waals surface area contributed by atoms with Crippen LogP contribution in [0.15, 0.2) is 30.3 Å². The van der Waals surface area contributed by atoms with Gasteiger partial charge in [-0.1, -0.05) is 30.3 Å². The highest BCUT2D eigenvalue weighted by atomic mass is 32.2. The van der Waals surface area contributed by atoms with Crippen LogP contribution in [-0.2, 0) is 25.6 Å². The Morgan fingerprint density at radius 2 is 1.76 bits per heavy atom. The van der Waals surface area contributed by atoms with Gasteiger partial charge in [-0.05, 0) is 43.4 Å². The Bertz CT molecular complexity index is 805. The highest BCUT2D eigenvalue weighted by Crippen LogP contribution is 2.08. The van der Waals surface area contributed by atoms with Crippen LogP contribution in [0.25, 0.3) is 0 Å². The van der Waals surface area contributed by atoms with E-state index in [0.29, 0.717) is 18.6 Å². The standard InChI is InChI=1S/C22H32N4O5S2/c1-33-11-9-16(24-19(27)15-8-5-10-23-15)20(28)26-18(13-32)21(29)25-17(22(30)31)12-14-6-3-2-4-7-14/h2-4,6-7,15-18,23,32H,5,8-13H2,1H3,(H,24,27)(H,25,29)(H,26,28)(H,30,31). The van der Waals surface area contributed by atoms with Crippen LogP contribution in [0.1, 0.15) is 24.8 Å². The first-order valence-electron chi connectivity index (χ1n) is 10.9. The Morgan fingerprint density at radius 3 is 2.33 bits per heavy atom. The maximum atomic E-state index is 12.9. The van der Waals surface area contributed by atoms with Gasteiger partial charge in [0.15, 0.2) is 0 Å². The Morgan fingerprint density at radius 1 is 1.09 bits per heavy atom. The minimum atomic E-state index is -1.18. The summed E-state index contributed by atoms with van der Waals surface area (Å²) in [5, 5.41) is 20.5. The van der Waals surface area contributed by atoms with Gasteiger partial charge in [-0.15, -0.1) is 0 Å². The third kappa shape index (κ3) is 8.90. The highest BCUT2D eigenvalue weighted by Gasteiger charge is 2.30. The van der Waals surface area contributed by atoms with Gasteiger partial charge in [0.1, 0.15) is 18.1 Å². The molecular formula is C22H32N4O5S2. The Labute approximate surface area is 203 Å². The summed E-state index contributed by atoms with van der Waals surface area (Å²) in [7, 11) is 0. The second-order valence-electron chi connectivity index (χ2n) is 7.82. The summed E-state index contributed by atoms with van der Waals surface area (Å²) < 4.78 is 0. The van der Waals surface area contributed by atoms with Gasteiger partial charge in [0, 0.05) is 12.2 Å². The molecule has 1 saturated heterocycles. The molecule has 1 aromatic rings. The third-order valence-corrected chi connectivity index (χ3v) is 6.34. The summed E-state index contributed by atoms with van der Waals surface area (Å²) in [4.78, 5) is 49.8. The van der Waals surface area contributed by atoms with Gasteiger partial charge in [0.05, 0.1) is 6.04 Å². The third-order valence-electron chi connectivity index (χ3n) is 5.33. The van der Waals surface area contributed by atoms with Crippen LogP contribution in [0.2, 0.25) is 0 Å². The van der Waals surface area contributed by atoms with Crippen LogP contribution in [0, 0.1) is 0 Å². The number of carboxylic acids is 1. The van der Waals surface area contributed by atoms with E-state index in [9.17, 15) is 24.3 Å². The second-order valence-corrected chi connectivity index (χ2v) is 9.18. The summed E-state index contributed by atoms with van der Waals surface area (Å²) in [6.45, 7) is 0.759. The number of rotatable bonds is 13. The van der Waals surface area contributed by atoms with Crippen LogP contribution >= 0.6 is 24.4 Å². The summed E-state index contributed by atoms with van der Waals surface area (Å²) in [5.74, 6) is -1.94. The molecule has 9 nitrogen and oxygen atoms in total. The molecule has 2 rings (SSSR count). The smallest absolute Gasteiger partial charge is 0.326 e. The van der Waals surface area contributed by atoms with E-state index in [2.05, 4.69) is 33.9 Å². The van der Waals surface area contributed by atoms with Crippen molar-refractivity contribution in [2.45, 2.75) is 49.9 Å². The van der Waals surface area contributed by atoms with Crippen LogP contribution in [0.5, 0.6) is 0 Å². The summed E-state index contributed by atoms with van der Waals surface area (Å²) in [5.41, 5.74) is 0.761. The molecule has 0 aliphatic carbocycles. The molecule has 1 aliphatic rings. The van der Waals surface area contributed by atoms with Gasteiger partial charge in [-0.3, -0.25) is 14.4 Å². The number of thiol groups is 1. The molecule has 4 atom stereocenters. The molecule has 1 aromatic carbocycles.